The van der Waals surface area contributed by atoms with Crippen LogP contribution >= 0.6 is 0 Å². The van der Waals surface area contributed by atoms with E-state index in [2.05, 4.69) is 21.7 Å². The SMILES string of the molecule is COc1cc(N2CCC[C@@H](CN3CCN(C)CC3)C2)ccc1[N+](=O)[O-]. The van der Waals surface area contributed by atoms with Crippen LogP contribution in [0.4, 0.5) is 11.4 Å². The van der Waals surface area contributed by atoms with Gasteiger partial charge in [0.2, 0.25) is 0 Å². The molecule has 138 valence electrons. The number of rotatable bonds is 5. The molecule has 2 aliphatic rings. The van der Waals surface area contributed by atoms with Gasteiger partial charge >= 0.3 is 5.69 Å². The summed E-state index contributed by atoms with van der Waals surface area (Å²) in [6, 6.07) is 5.20. The lowest BCUT2D eigenvalue weighted by atomic mass is 9.96. The fraction of sp³-hybridized carbons (Fsp3) is 0.667. The van der Waals surface area contributed by atoms with Crippen LogP contribution in [0.15, 0.2) is 18.2 Å². The molecule has 0 bridgehead atoms. The molecule has 0 aromatic heterocycles. The number of methoxy groups -OCH3 is 1. The van der Waals surface area contributed by atoms with Crippen LogP contribution in [0, 0.1) is 16.0 Å². The van der Waals surface area contributed by atoms with Gasteiger partial charge in [-0.05, 0) is 31.9 Å². The molecule has 1 aromatic rings. The number of nitro benzene ring substituents is 1. The minimum absolute atomic E-state index is 0.0252. The summed E-state index contributed by atoms with van der Waals surface area (Å²) in [4.78, 5) is 18.0. The molecule has 0 amide bonds. The highest BCUT2D eigenvalue weighted by Crippen LogP contribution is 2.33. The first-order chi connectivity index (χ1) is 12.1. The summed E-state index contributed by atoms with van der Waals surface area (Å²) in [5.74, 6) is 0.988. The first-order valence-electron chi connectivity index (χ1n) is 9.05. The number of nitro groups is 1. The highest BCUT2D eigenvalue weighted by atomic mass is 16.6. The molecule has 2 saturated heterocycles. The van der Waals surface area contributed by atoms with Gasteiger partial charge in [-0.25, -0.2) is 0 Å². The number of hydrogen-bond donors (Lipinski definition) is 0. The van der Waals surface area contributed by atoms with Gasteiger partial charge in [0.1, 0.15) is 0 Å². The Balaban J connectivity index is 1.64. The molecule has 2 fully saturated rings. The summed E-state index contributed by atoms with van der Waals surface area (Å²) in [7, 11) is 3.67. The van der Waals surface area contributed by atoms with E-state index in [0.29, 0.717) is 11.7 Å². The van der Waals surface area contributed by atoms with Gasteiger partial charge < -0.3 is 19.4 Å². The summed E-state index contributed by atoms with van der Waals surface area (Å²) in [6.45, 7) is 7.75. The zero-order valence-electron chi connectivity index (χ0n) is 15.2. The third-order valence-electron chi connectivity index (χ3n) is 5.36. The smallest absolute Gasteiger partial charge is 0.311 e. The van der Waals surface area contributed by atoms with Crippen molar-refractivity contribution < 1.29 is 9.66 Å². The average molecular weight is 348 g/mol. The molecule has 0 N–H and O–H groups in total. The third-order valence-corrected chi connectivity index (χ3v) is 5.36. The maximum absolute atomic E-state index is 11.1. The van der Waals surface area contributed by atoms with Gasteiger partial charge in [0.25, 0.3) is 0 Å². The van der Waals surface area contributed by atoms with Crippen molar-refractivity contribution in [2.75, 3.05) is 64.9 Å². The molecule has 7 nitrogen and oxygen atoms in total. The minimum atomic E-state index is -0.394. The predicted octanol–water partition coefficient (Wildman–Crippen LogP) is 2.07. The second-order valence-electron chi connectivity index (χ2n) is 7.17. The summed E-state index contributed by atoms with van der Waals surface area (Å²) >= 11 is 0. The molecular weight excluding hydrogens is 320 g/mol. The maximum atomic E-state index is 11.1. The van der Waals surface area contributed by atoms with Crippen molar-refractivity contribution in [1.82, 2.24) is 9.80 Å². The van der Waals surface area contributed by atoms with Gasteiger partial charge in [-0.15, -0.1) is 0 Å². The van der Waals surface area contributed by atoms with E-state index in [-0.39, 0.29) is 5.69 Å². The van der Waals surface area contributed by atoms with E-state index in [4.69, 9.17) is 4.74 Å². The quantitative estimate of drug-likeness (QED) is 0.600. The first kappa shape index (κ1) is 17.9. The van der Waals surface area contributed by atoms with Crippen LogP contribution in [0.1, 0.15) is 12.8 Å². The van der Waals surface area contributed by atoms with Crippen molar-refractivity contribution in [3.63, 3.8) is 0 Å². The van der Waals surface area contributed by atoms with Crippen molar-refractivity contribution >= 4 is 11.4 Å². The predicted molar refractivity (Wildman–Crippen MR) is 98.5 cm³/mol. The van der Waals surface area contributed by atoms with Gasteiger partial charge in [0.05, 0.1) is 12.0 Å². The summed E-state index contributed by atoms with van der Waals surface area (Å²) in [6.07, 6.45) is 2.42. The lowest BCUT2D eigenvalue weighted by molar-refractivity contribution is -0.385. The second-order valence-corrected chi connectivity index (χ2v) is 7.17. The van der Waals surface area contributed by atoms with Crippen LogP contribution in [0.2, 0.25) is 0 Å². The molecule has 1 atom stereocenters. The lowest BCUT2D eigenvalue weighted by Crippen LogP contribution is -2.48. The van der Waals surface area contributed by atoms with Crippen molar-refractivity contribution in [2.24, 2.45) is 5.92 Å². The largest absolute Gasteiger partial charge is 0.490 e. The van der Waals surface area contributed by atoms with Crippen molar-refractivity contribution in [1.29, 1.82) is 0 Å². The Morgan fingerprint density at radius 1 is 1.24 bits per heavy atom. The third kappa shape index (κ3) is 4.41. The lowest BCUT2D eigenvalue weighted by Gasteiger charge is -2.39. The molecule has 25 heavy (non-hydrogen) atoms. The normalized spacial score (nSPS) is 22.8. The van der Waals surface area contributed by atoms with Crippen LogP contribution in [-0.2, 0) is 0 Å². The van der Waals surface area contributed by atoms with E-state index in [1.165, 1.54) is 13.5 Å². The summed E-state index contributed by atoms with van der Waals surface area (Å²) in [5.41, 5.74) is 1.04. The van der Waals surface area contributed by atoms with Crippen molar-refractivity contribution in [2.45, 2.75) is 12.8 Å². The number of benzene rings is 1. The number of anilines is 1. The van der Waals surface area contributed by atoms with Gasteiger partial charge in [0.15, 0.2) is 5.75 Å². The van der Waals surface area contributed by atoms with E-state index in [1.807, 2.05) is 6.07 Å². The Morgan fingerprint density at radius 2 is 2.00 bits per heavy atom. The topological polar surface area (TPSA) is 62.1 Å². The molecule has 1 aromatic carbocycles. The second kappa shape index (κ2) is 8.01. The summed E-state index contributed by atoms with van der Waals surface area (Å²) in [5, 5.41) is 11.1. The van der Waals surface area contributed by atoms with Crippen LogP contribution in [-0.4, -0.2) is 74.7 Å². The first-order valence-corrected chi connectivity index (χ1v) is 9.05. The number of ether oxygens (including phenoxy) is 1. The standard InChI is InChI=1S/C18H28N4O3/c1-19-8-10-20(11-9-19)13-15-4-3-7-21(14-15)16-5-6-17(22(23)24)18(12-16)25-2/h5-6,12,15H,3-4,7-11,13-14H2,1-2H3/t15-/m0/s1. The zero-order chi connectivity index (χ0) is 17.8. The number of piperazine rings is 1. The average Bonchev–Trinajstić information content (AvgIpc) is 2.63. The molecule has 0 aliphatic carbocycles. The van der Waals surface area contributed by atoms with Crippen molar-refractivity contribution in [3.8, 4) is 5.75 Å². The Kier molecular flexibility index (Phi) is 5.75. The monoisotopic (exact) mass is 348 g/mol. The Hall–Kier alpha value is -1.86. The van der Waals surface area contributed by atoms with Gasteiger partial charge in [0, 0.05) is 63.6 Å². The van der Waals surface area contributed by atoms with Gasteiger partial charge in [-0.2, -0.15) is 0 Å². The highest BCUT2D eigenvalue weighted by molar-refractivity contribution is 5.59. The molecule has 2 aliphatic heterocycles. The molecule has 7 heteroatoms. The molecule has 3 rings (SSSR count). The molecule has 0 unspecified atom stereocenters. The van der Waals surface area contributed by atoms with Gasteiger partial charge in [-0.1, -0.05) is 0 Å². The van der Waals surface area contributed by atoms with Crippen molar-refractivity contribution in [3.05, 3.63) is 28.3 Å². The zero-order valence-corrected chi connectivity index (χ0v) is 15.2. The molecule has 0 spiro atoms. The number of likely N-dealkylation sites (N-methyl/N-ethyl adjacent to an activating group) is 1. The Labute approximate surface area is 149 Å². The fourth-order valence-corrected chi connectivity index (χ4v) is 3.86. The molecule has 0 saturated carbocycles. The molecular formula is C18H28N4O3. The number of hydrogen-bond acceptors (Lipinski definition) is 6. The maximum Gasteiger partial charge on any atom is 0.311 e. The van der Waals surface area contributed by atoms with Crippen LogP contribution < -0.4 is 9.64 Å². The van der Waals surface area contributed by atoms with Crippen LogP contribution in [0.3, 0.4) is 0 Å². The molecule has 0 radical (unpaired) electrons. The fourth-order valence-electron chi connectivity index (χ4n) is 3.86. The Bertz CT molecular complexity index is 602. The molecule has 2 heterocycles. The summed E-state index contributed by atoms with van der Waals surface area (Å²) < 4.78 is 5.22. The van der Waals surface area contributed by atoms with E-state index in [9.17, 15) is 10.1 Å². The number of nitrogens with zero attached hydrogens (tertiary/aromatic N) is 4. The highest BCUT2D eigenvalue weighted by Gasteiger charge is 2.25. The van der Waals surface area contributed by atoms with E-state index >= 15 is 0 Å². The van der Waals surface area contributed by atoms with E-state index in [0.717, 1.165) is 57.9 Å². The van der Waals surface area contributed by atoms with Crippen LogP contribution in [0.5, 0.6) is 5.75 Å². The minimum Gasteiger partial charge on any atom is -0.490 e. The van der Waals surface area contributed by atoms with E-state index in [1.54, 1.807) is 12.1 Å². The van der Waals surface area contributed by atoms with E-state index < -0.39 is 4.92 Å². The Morgan fingerprint density at radius 3 is 2.68 bits per heavy atom. The van der Waals surface area contributed by atoms with Gasteiger partial charge in [-0.3, -0.25) is 10.1 Å². The number of piperidine rings is 1. The van der Waals surface area contributed by atoms with Crippen LogP contribution in [0.25, 0.3) is 0 Å².